The van der Waals surface area contributed by atoms with Crippen LogP contribution in [0.1, 0.15) is 41.5 Å². The molecule has 0 saturated heterocycles. The molecule has 7 heteroatoms. The van der Waals surface area contributed by atoms with Gasteiger partial charge in [-0.25, -0.2) is 4.79 Å². The molecular formula is C14H22NaO5P. The number of benzene rings is 1. The zero-order chi connectivity index (χ0) is 14.8. The van der Waals surface area contributed by atoms with Gasteiger partial charge in [0, 0.05) is 0 Å². The minimum atomic E-state index is -1.38. The molecule has 3 N–H and O–H groups in total. The molecule has 0 aromatic heterocycles. The van der Waals surface area contributed by atoms with Crippen molar-refractivity contribution in [2.24, 2.45) is 0 Å². The van der Waals surface area contributed by atoms with E-state index in [1.165, 1.54) is 36.7 Å². The van der Waals surface area contributed by atoms with Crippen molar-refractivity contribution in [2.75, 3.05) is 18.5 Å². The monoisotopic (exact) mass is 324 g/mol. The molecule has 0 spiro atoms. The standard InChI is InChI=1S/C8H6O4.C6H15P.Na.H2O/c9-7(10)5-2-1-3-6(4-5)8(11)12;1-4-7(5-2)6-3;;/h1-4H,(H,9,10)(H,11,12);4-6H2,1-3H3;;1H2/q;;+1;/p-1. The summed E-state index contributed by atoms with van der Waals surface area (Å²) in [5, 5.41) is 18.7. The van der Waals surface area contributed by atoms with E-state index in [1.807, 2.05) is 0 Å². The van der Waals surface area contributed by atoms with Crippen molar-refractivity contribution in [3.8, 4) is 0 Å². The Morgan fingerprint density at radius 1 is 1.10 bits per heavy atom. The molecule has 0 bridgehead atoms. The number of rotatable bonds is 5. The molecule has 0 fully saturated rings. The Kier molecular flexibility index (Phi) is 17.6. The molecule has 0 aliphatic rings. The second-order valence-electron chi connectivity index (χ2n) is 3.79. The van der Waals surface area contributed by atoms with Crippen LogP contribution in [0, 0.1) is 0 Å². The van der Waals surface area contributed by atoms with Gasteiger partial charge in [0.05, 0.1) is 11.5 Å². The van der Waals surface area contributed by atoms with Gasteiger partial charge in [-0.2, -0.15) is 0 Å². The van der Waals surface area contributed by atoms with Gasteiger partial charge in [0.2, 0.25) is 0 Å². The van der Waals surface area contributed by atoms with Crippen molar-refractivity contribution in [3.05, 3.63) is 35.4 Å². The van der Waals surface area contributed by atoms with E-state index in [0.29, 0.717) is 7.92 Å². The third kappa shape index (κ3) is 10.9. The maximum atomic E-state index is 10.4. The summed E-state index contributed by atoms with van der Waals surface area (Å²) in [6.07, 6.45) is 4.26. The Bertz CT molecular complexity index is 387. The van der Waals surface area contributed by atoms with Gasteiger partial charge in [-0.15, -0.1) is 7.92 Å². The summed E-state index contributed by atoms with van der Waals surface area (Å²) in [5.41, 5.74) is -0.188. The molecule has 0 radical (unpaired) electrons. The van der Waals surface area contributed by atoms with Gasteiger partial charge < -0.3 is 20.5 Å². The fourth-order valence-electron chi connectivity index (χ4n) is 1.45. The molecule has 1 aromatic rings. The van der Waals surface area contributed by atoms with E-state index < -0.39 is 11.9 Å². The maximum absolute atomic E-state index is 10.4. The van der Waals surface area contributed by atoms with E-state index in [2.05, 4.69) is 20.8 Å². The Morgan fingerprint density at radius 2 is 1.52 bits per heavy atom. The molecule has 0 atom stereocenters. The molecule has 0 saturated carbocycles. The van der Waals surface area contributed by atoms with Crippen LogP contribution in [0.15, 0.2) is 24.3 Å². The smallest absolute Gasteiger partial charge is 0.545 e. The van der Waals surface area contributed by atoms with Crippen LogP contribution in [0.5, 0.6) is 0 Å². The molecule has 5 nitrogen and oxygen atoms in total. The molecule has 0 heterocycles. The Morgan fingerprint density at radius 3 is 1.81 bits per heavy atom. The number of hydrogen-bond donors (Lipinski definition) is 1. The molecule has 0 aliphatic carbocycles. The average Bonchev–Trinajstić information content (AvgIpc) is 2.41. The van der Waals surface area contributed by atoms with Crippen molar-refractivity contribution in [3.63, 3.8) is 0 Å². The first-order valence-corrected chi connectivity index (χ1v) is 8.12. The Labute approximate surface area is 149 Å². The van der Waals surface area contributed by atoms with Crippen molar-refractivity contribution < 1.29 is 54.8 Å². The summed E-state index contributed by atoms with van der Waals surface area (Å²) < 4.78 is 0. The van der Waals surface area contributed by atoms with Gasteiger partial charge >= 0.3 is 35.5 Å². The second kappa shape index (κ2) is 14.5. The third-order valence-corrected chi connectivity index (χ3v) is 5.37. The summed E-state index contributed by atoms with van der Waals surface area (Å²) in [5.74, 6) is -2.53. The SMILES string of the molecule is CCP(CC)CC.O.O=C([O-])c1cccc(C(=O)O)c1.[Na+]. The summed E-state index contributed by atoms with van der Waals surface area (Å²) in [6.45, 7) is 6.87. The van der Waals surface area contributed by atoms with E-state index in [1.54, 1.807) is 0 Å². The van der Waals surface area contributed by atoms with Crippen molar-refractivity contribution in [1.82, 2.24) is 0 Å². The van der Waals surface area contributed by atoms with E-state index in [-0.39, 0.29) is 46.2 Å². The molecule has 0 unspecified atom stereocenters. The minimum Gasteiger partial charge on any atom is -0.545 e. The number of carboxylic acids is 2. The van der Waals surface area contributed by atoms with Gasteiger partial charge in [-0.1, -0.05) is 32.9 Å². The molecular weight excluding hydrogens is 302 g/mol. The maximum Gasteiger partial charge on any atom is 1.00 e. The Balaban J connectivity index is -0.000000317. The van der Waals surface area contributed by atoms with Crippen molar-refractivity contribution in [1.29, 1.82) is 0 Å². The van der Waals surface area contributed by atoms with E-state index >= 15 is 0 Å². The van der Waals surface area contributed by atoms with E-state index in [9.17, 15) is 14.7 Å². The molecule has 114 valence electrons. The number of aromatic carboxylic acids is 2. The predicted octanol–water partition coefficient (Wildman–Crippen LogP) is -1.54. The van der Waals surface area contributed by atoms with Crippen LogP contribution in [0.2, 0.25) is 0 Å². The summed E-state index contributed by atoms with van der Waals surface area (Å²) in [7, 11) is 0.446. The molecule has 0 amide bonds. The predicted molar refractivity (Wildman–Crippen MR) is 79.9 cm³/mol. The van der Waals surface area contributed by atoms with Gasteiger partial charge in [-0.05, 0) is 36.2 Å². The largest absolute Gasteiger partial charge is 1.00 e. The molecule has 21 heavy (non-hydrogen) atoms. The van der Waals surface area contributed by atoms with Gasteiger partial charge in [-0.3, -0.25) is 0 Å². The van der Waals surface area contributed by atoms with Gasteiger partial charge in [0.15, 0.2) is 0 Å². The molecule has 0 aliphatic heterocycles. The van der Waals surface area contributed by atoms with E-state index in [0.717, 1.165) is 6.07 Å². The van der Waals surface area contributed by atoms with Crippen LogP contribution >= 0.6 is 7.92 Å². The first-order valence-electron chi connectivity index (χ1n) is 6.23. The average molecular weight is 324 g/mol. The van der Waals surface area contributed by atoms with Crippen LogP contribution in [-0.4, -0.2) is 41.0 Å². The fraction of sp³-hybridized carbons (Fsp3) is 0.429. The van der Waals surface area contributed by atoms with Crippen LogP contribution < -0.4 is 34.7 Å². The third-order valence-electron chi connectivity index (χ3n) is 2.69. The van der Waals surface area contributed by atoms with Crippen LogP contribution in [0.25, 0.3) is 0 Å². The topological polar surface area (TPSA) is 109 Å². The van der Waals surface area contributed by atoms with Crippen LogP contribution in [0.3, 0.4) is 0 Å². The zero-order valence-electron chi connectivity index (χ0n) is 13.0. The van der Waals surface area contributed by atoms with Gasteiger partial charge in [0.25, 0.3) is 0 Å². The quantitative estimate of drug-likeness (QED) is 0.523. The van der Waals surface area contributed by atoms with E-state index in [4.69, 9.17) is 5.11 Å². The van der Waals surface area contributed by atoms with Crippen molar-refractivity contribution >= 4 is 19.9 Å². The number of carbonyl (C=O) groups is 2. The summed E-state index contributed by atoms with van der Waals surface area (Å²) >= 11 is 0. The number of hydrogen-bond acceptors (Lipinski definition) is 3. The second-order valence-corrected chi connectivity index (χ2v) is 7.03. The number of carbonyl (C=O) groups excluding carboxylic acids is 1. The van der Waals surface area contributed by atoms with Crippen LogP contribution in [0.4, 0.5) is 0 Å². The van der Waals surface area contributed by atoms with Gasteiger partial charge in [0.1, 0.15) is 0 Å². The minimum absolute atomic E-state index is 0. The number of carboxylic acid groups (broad SMARTS) is 2. The first-order chi connectivity index (χ1) is 8.96. The summed E-state index contributed by atoms with van der Waals surface area (Å²) in [4.78, 5) is 20.6. The normalized spacial score (nSPS) is 8.76. The molecule has 1 aromatic carbocycles. The Hall–Kier alpha value is -0.450. The fourth-order valence-corrected chi connectivity index (χ4v) is 2.79. The van der Waals surface area contributed by atoms with Crippen molar-refractivity contribution in [2.45, 2.75) is 20.8 Å². The van der Waals surface area contributed by atoms with Crippen LogP contribution in [-0.2, 0) is 0 Å². The first kappa shape index (κ1) is 25.5. The zero-order valence-corrected chi connectivity index (χ0v) is 15.9. The molecule has 1 rings (SSSR count). The summed E-state index contributed by atoms with van der Waals surface area (Å²) in [6, 6.07) is 5.00.